The molecule has 0 bridgehead atoms. The van der Waals surface area contributed by atoms with Crippen molar-refractivity contribution in [3.05, 3.63) is 41.5 Å². The van der Waals surface area contributed by atoms with Gasteiger partial charge in [0.2, 0.25) is 0 Å². The Balaban J connectivity index is 1.73. The fraction of sp³-hybridized carbons (Fsp3) is 0.500. The first-order valence-electron chi connectivity index (χ1n) is 8.36. The van der Waals surface area contributed by atoms with Gasteiger partial charge >= 0.3 is 0 Å². The van der Waals surface area contributed by atoms with Crippen LogP contribution in [0.1, 0.15) is 47.7 Å². The molecule has 0 saturated heterocycles. The number of rotatable bonds is 4. The molecule has 1 aliphatic rings. The Morgan fingerprint density at radius 2 is 1.88 bits per heavy atom. The zero-order chi connectivity index (χ0) is 17.3. The highest BCUT2D eigenvalue weighted by Crippen LogP contribution is 2.30. The fourth-order valence-corrected chi connectivity index (χ4v) is 3.44. The van der Waals surface area contributed by atoms with Crippen LogP contribution in [0.3, 0.4) is 0 Å². The summed E-state index contributed by atoms with van der Waals surface area (Å²) in [7, 11) is 1.75. The van der Waals surface area contributed by atoms with E-state index < -0.39 is 5.60 Å². The number of carbonyl (C=O) groups is 1. The maximum Gasteiger partial charge on any atom is 0.253 e. The van der Waals surface area contributed by atoms with E-state index in [0.29, 0.717) is 12.1 Å². The number of benzene rings is 1. The first kappa shape index (κ1) is 16.6. The SMILES string of the molecule is Cc1nc(C)n(-c2ccc(C(=O)N(C)CC3(O)CCCC3)cc2)n1. The van der Waals surface area contributed by atoms with Gasteiger partial charge in [0, 0.05) is 19.2 Å². The van der Waals surface area contributed by atoms with Crippen LogP contribution in [-0.2, 0) is 0 Å². The molecular formula is C18H24N4O2. The molecule has 1 heterocycles. The van der Waals surface area contributed by atoms with Crippen LogP contribution in [-0.4, -0.2) is 49.9 Å². The molecule has 0 unspecified atom stereocenters. The minimum absolute atomic E-state index is 0.0756. The summed E-state index contributed by atoms with van der Waals surface area (Å²) in [6.07, 6.45) is 3.61. The van der Waals surface area contributed by atoms with Crippen molar-refractivity contribution in [2.24, 2.45) is 0 Å². The van der Waals surface area contributed by atoms with E-state index >= 15 is 0 Å². The lowest BCUT2D eigenvalue weighted by Gasteiger charge is -2.28. The van der Waals surface area contributed by atoms with E-state index in [2.05, 4.69) is 10.1 Å². The van der Waals surface area contributed by atoms with Gasteiger partial charge in [-0.15, -0.1) is 0 Å². The van der Waals surface area contributed by atoms with Crippen molar-refractivity contribution in [1.82, 2.24) is 19.7 Å². The van der Waals surface area contributed by atoms with Gasteiger partial charge in [-0.05, 0) is 51.0 Å². The molecule has 1 aromatic heterocycles. The molecule has 24 heavy (non-hydrogen) atoms. The van der Waals surface area contributed by atoms with Gasteiger partial charge in [-0.3, -0.25) is 4.79 Å². The predicted molar refractivity (Wildman–Crippen MR) is 91.2 cm³/mol. The zero-order valence-electron chi connectivity index (χ0n) is 14.5. The minimum atomic E-state index is -0.723. The first-order chi connectivity index (χ1) is 11.4. The number of amides is 1. The summed E-state index contributed by atoms with van der Waals surface area (Å²) in [4.78, 5) is 18.5. The van der Waals surface area contributed by atoms with Crippen molar-refractivity contribution in [1.29, 1.82) is 0 Å². The van der Waals surface area contributed by atoms with Gasteiger partial charge in [0.25, 0.3) is 5.91 Å². The zero-order valence-corrected chi connectivity index (χ0v) is 14.5. The Labute approximate surface area is 142 Å². The molecule has 1 fully saturated rings. The Hall–Kier alpha value is -2.21. The molecule has 1 amide bonds. The van der Waals surface area contributed by atoms with Crippen LogP contribution in [0.15, 0.2) is 24.3 Å². The molecule has 1 saturated carbocycles. The summed E-state index contributed by atoms with van der Waals surface area (Å²) in [6.45, 7) is 4.13. The predicted octanol–water partition coefficient (Wildman–Crippen LogP) is 2.26. The third-order valence-corrected chi connectivity index (χ3v) is 4.65. The van der Waals surface area contributed by atoms with E-state index in [9.17, 15) is 9.90 Å². The number of nitrogens with zero attached hydrogens (tertiary/aromatic N) is 4. The number of aliphatic hydroxyl groups is 1. The van der Waals surface area contributed by atoms with Crippen LogP contribution in [0, 0.1) is 13.8 Å². The molecule has 0 atom stereocenters. The molecule has 6 nitrogen and oxygen atoms in total. The van der Waals surface area contributed by atoms with E-state index in [0.717, 1.165) is 43.0 Å². The highest BCUT2D eigenvalue weighted by molar-refractivity contribution is 5.94. The van der Waals surface area contributed by atoms with Crippen LogP contribution in [0.25, 0.3) is 5.69 Å². The Morgan fingerprint density at radius 3 is 2.42 bits per heavy atom. The molecule has 3 rings (SSSR count). The summed E-state index contributed by atoms with van der Waals surface area (Å²) in [5, 5.41) is 14.8. The number of aryl methyl sites for hydroxylation is 2. The summed E-state index contributed by atoms with van der Waals surface area (Å²) in [5.74, 6) is 1.46. The summed E-state index contributed by atoms with van der Waals surface area (Å²) in [5.41, 5.74) is 0.763. The number of likely N-dealkylation sites (N-methyl/N-ethyl adjacent to an activating group) is 1. The average Bonchev–Trinajstić information content (AvgIpc) is 3.12. The second-order valence-electron chi connectivity index (χ2n) is 6.76. The lowest BCUT2D eigenvalue weighted by atomic mass is 10.0. The van der Waals surface area contributed by atoms with E-state index in [4.69, 9.17) is 0 Å². The summed E-state index contributed by atoms with van der Waals surface area (Å²) >= 11 is 0. The molecule has 1 N–H and O–H groups in total. The Bertz CT molecular complexity index is 730. The highest BCUT2D eigenvalue weighted by atomic mass is 16.3. The molecule has 0 radical (unpaired) electrons. The molecular weight excluding hydrogens is 304 g/mol. The van der Waals surface area contributed by atoms with Crippen LogP contribution >= 0.6 is 0 Å². The third kappa shape index (κ3) is 3.33. The Morgan fingerprint density at radius 1 is 1.25 bits per heavy atom. The van der Waals surface area contributed by atoms with Crippen molar-refractivity contribution < 1.29 is 9.90 Å². The maximum absolute atomic E-state index is 12.6. The van der Waals surface area contributed by atoms with Crippen molar-refractivity contribution in [3.63, 3.8) is 0 Å². The van der Waals surface area contributed by atoms with Gasteiger partial charge in [0.1, 0.15) is 11.6 Å². The normalized spacial score (nSPS) is 16.3. The van der Waals surface area contributed by atoms with Crippen molar-refractivity contribution >= 4 is 5.91 Å². The first-order valence-corrected chi connectivity index (χ1v) is 8.36. The van der Waals surface area contributed by atoms with Crippen molar-refractivity contribution in [3.8, 4) is 5.69 Å². The lowest BCUT2D eigenvalue weighted by Crippen LogP contribution is -2.42. The van der Waals surface area contributed by atoms with E-state index in [1.165, 1.54) is 0 Å². The van der Waals surface area contributed by atoms with Gasteiger partial charge in [-0.1, -0.05) is 12.8 Å². The topological polar surface area (TPSA) is 71.2 Å². The highest BCUT2D eigenvalue weighted by Gasteiger charge is 2.33. The van der Waals surface area contributed by atoms with Crippen molar-refractivity contribution in [2.75, 3.05) is 13.6 Å². The Kier molecular flexibility index (Phi) is 4.41. The standard InChI is InChI=1S/C18H24N4O2/c1-13-19-14(2)22(20-13)16-8-6-15(7-9-16)17(23)21(3)12-18(24)10-4-5-11-18/h6-9,24H,4-5,10-12H2,1-3H3. The summed E-state index contributed by atoms with van der Waals surface area (Å²) < 4.78 is 1.76. The molecule has 2 aromatic rings. The van der Waals surface area contributed by atoms with E-state index in [1.54, 1.807) is 28.8 Å². The number of hydrogen-bond acceptors (Lipinski definition) is 4. The van der Waals surface area contributed by atoms with E-state index in [1.807, 2.05) is 26.0 Å². The van der Waals surface area contributed by atoms with Gasteiger partial charge in [0.05, 0.1) is 11.3 Å². The van der Waals surface area contributed by atoms with Crippen molar-refractivity contribution in [2.45, 2.75) is 45.1 Å². The third-order valence-electron chi connectivity index (χ3n) is 4.65. The second kappa shape index (κ2) is 6.36. The molecule has 0 aliphatic heterocycles. The average molecular weight is 328 g/mol. The van der Waals surface area contributed by atoms with Gasteiger partial charge in [-0.2, -0.15) is 5.10 Å². The van der Waals surface area contributed by atoms with Gasteiger partial charge in [0.15, 0.2) is 0 Å². The molecule has 6 heteroatoms. The minimum Gasteiger partial charge on any atom is -0.388 e. The number of aromatic nitrogens is 3. The smallest absolute Gasteiger partial charge is 0.253 e. The lowest BCUT2D eigenvalue weighted by molar-refractivity contribution is 0.0157. The molecule has 0 spiro atoms. The van der Waals surface area contributed by atoms with Crippen LogP contribution in [0.4, 0.5) is 0 Å². The molecule has 128 valence electrons. The monoisotopic (exact) mass is 328 g/mol. The molecule has 1 aliphatic carbocycles. The van der Waals surface area contributed by atoms with Crippen LogP contribution in [0.5, 0.6) is 0 Å². The number of hydrogen-bond donors (Lipinski definition) is 1. The van der Waals surface area contributed by atoms with Crippen LogP contribution in [0.2, 0.25) is 0 Å². The van der Waals surface area contributed by atoms with Gasteiger partial charge in [-0.25, -0.2) is 9.67 Å². The van der Waals surface area contributed by atoms with Crippen LogP contribution < -0.4 is 0 Å². The van der Waals surface area contributed by atoms with E-state index in [-0.39, 0.29) is 5.91 Å². The number of carbonyl (C=O) groups excluding carboxylic acids is 1. The summed E-state index contributed by atoms with van der Waals surface area (Å²) in [6, 6.07) is 7.32. The molecule has 1 aromatic carbocycles. The fourth-order valence-electron chi connectivity index (χ4n) is 3.44. The van der Waals surface area contributed by atoms with Gasteiger partial charge < -0.3 is 10.0 Å². The quantitative estimate of drug-likeness (QED) is 0.934. The second-order valence-corrected chi connectivity index (χ2v) is 6.76. The largest absolute Gasteiger partial charge is 0.388 e. The maximum atomic E-state index is 12.6.